The quantitative estimate of drug-likeness (QED) is 0.881. The van der Waals surface area contributed by atoms with Gasteiger partial charge in [0.2, 0.25) is 0 Å². The van der Waals surface area contributed by atoms with E-state index in [2.05, 4.69) is 5.32 Å². The molecule has 0 aromatic heterocycles. The van der Waals surface area contributed by atoms with Crippen molar-refractivity contribution in [2.24, 2.45) is 0 Å². The summed E-state index contributed by atoms with van der Waals surface area (Å²) in [5.41, 5.74) is 0.715. The van der Waals surface area contributed by atoms with Gasteiger partial charge in [0.1, 0.15) is 17.3 Å². The van der Waals surface area contributed by atoms with Crippen molar-refractivity contribution in [3.8, 4) is 11.5 Å². The molecule has 0 atom stereocenters. The molecule has 0 fully saturated rings. The van der Waals surface area contributed by atoms with Gasteiger partial charge in [-0.05, 0) is 36.8 Å². The molecule has 5 heteroatoms. The van der Waals surface area contributed by atoms with Gasteiger partial charge in [-0.25, -0.2) is 4.39 Å². The topological polar surface area (TPSA) is 47.6 Å². The number of anilines is 1. The van der Waals surface area contributed by atoms with E-state index in [0.717, 1.165) is 12.5 Å². The van der Waals surface area contributed by atoms with Crippen LogP contribution in [0.5, 0.6) is 11.5 Å². The number of methoxy groups -OCH3 is 1. The number of halogens is 1. The number of nitrogens with one attached hydrogen (secondary N) is 1. The molecule has 0 aliphatic heterocycles. The molecule has 0 unspecified atom stereocenters. The van der Waals surface area contributed by atoms with Crippen molar-refractivity contribution in [1.29, 1.82) is 0 Å². The van der Waals surface area contributed by atoms with Gasteiger partial charge in [0.05, 0.1) is 19.3 Å². The number of hydrogen-bond acceptors (Lipinski definition) is 3. The minimum Gasteiger partial charge on any atom is -0.496 e. The molecule has 2 aromatic carbocycles. The minimum atomic E-state index is -0.494. The largest absolute Gasteiger partial charge is 0.496 e. The zero-order valence-corrected chi connectivity index (χ0v) is 12.6. The van der Waals surface area contributed by atoms with Crippen LogP contribution in [0.25, 0.3) is 0 Å². The highest BCUT2D eigenvalue weighted by molar-refractivity contribution is 6.06. The van der Waals surface area contributed by atoms with Crippen LogP contribution in [0.2, 0.25) is 0 Å². The summed E-state index contributed by atoms with van der Waals surface area (Å²) in [4.78, 5) is 12.3. The number of carbonyl (C=O) groups is 1. The van der Waals surface area contributed by atoms with Crippen molar-refractivity contribution >= 4 is 11.6 Å². The summed E-state index contributed by atoms with van der Waals surface area (Å²) in [6.07, 6.45) is 0.900. The molecule has 1 N–H and O–H groups in total. The van der Waals surface area contributed by atoms with E-state index in [9.17, 15) is 9.18 Å². The summed E-state index contributed by atoms with van der Waals surface area (Å²) in [7, 11) is 1.43. The molecule has 2 aromatic rings. The maximum absolute atomic E-state index is 13.3. The Morgan fingerprint density at radius 2 is 2.05 bits per heavy atom. The monoisotopic (exact) mass is 303 g/mol. The lowest BCUT2D eigenvalue weighted by Crippen LogP contribution is -2.13. The molecule has 4 nitrogen and oxygen atoms in total. The molecule has 0 radical (unpaired) electrons. The van der Waals surface area contributed by atoms with Crippen LogP contribution in [0.4, 0.5) is 10.1 Å². The van der Waals surface area contributed by atoms with Crippen LogP contribution in [0.15, 0.2) is 42.5 Å². The molecule has 0 saturated carbocycles. The second-order valence-corrected chi connectivity index (χ2v) is 4.68. The maximum Gasteiger partial charge on any atom is 0.259 e. The standard InChI is InChI=1S/C17H18FNO3/c1-3-9-22-14-6-4-5-13(11-14)19-17(20)15-10-12(18)7-8-16(15)21-2/h4-8,10-11H,3,9H2,1-2H3,(H,19,20). The van der Waals surface area contributed by atoms with Crippen molar-refractivity contribution in [2.45, 2.75) is 13.3 Å². The number of ether oxygens (including phenoxy) is 2. The lowest BCUT2D eigenvalue weighted by atomic mass is 10.1. The fourth-order valence-electron chi connectivity index (χ4n) is 1.94. The predicted molar refractivity (Wildman–Crippen MR) is 83.1 cm³/mol. The van der Waals surface area contributed by atoms with Crippen molar-refractivity contribution in [1.82, 2.24) is 0 Å². The maximum atomic E-state index is 13.3. The Labute approximate surface area is 128 Å². The molecule has 0 aliphatic rings. The summed E-state index contributed by atoms with van der Waals surface area (Å²) >= 11 is 0. The lowest BCUT2D eigenvalue weighted by molar-refractivity contribution is 0.102. The first-order valence-corrected chi connectivity index (χ1v) is 7.01. The third kappa shape index (κ3) is 3.97. The molecule has 0 bridgehead atoms. The highest BCUT2D eigenvalue weighted by Crippen LogP contribution is 2.22. The van der Waals surface area contributed by atoms with E-state index in [1.807, 2.05) is 13.0 Å². The van der Waals surface area contributed by atoms with Crippen molar-refractivity contribution in [2.75, 3.05) is 19.0 Å². The Balaban J connectivity index is 2.16. The lowest BCUT2D eigenvalue weighted by Gasteiger charge is -2.11. The van der Waals surface area contributed by atoms with Gasteiger partial charge in [0.25, 0.3) is 5.91 Å². The number of amides is 1. The Morgan fingerprint density at radius 3 is 2.77 bits per heavy atom. The molecule has 1 amide bonds. The fraction of sp³-hybridized carbons (Fsp3) is 0.235. The number of hydrogen-bond donors (Lipinski definition) is 1. The smallest absolute Gasteiger partial charge is 0.259 e. The number of benzene rings is 2. The summed E-state index contributed by atoms with van der Waals surface area (Å²) in [5.74, 6) is 0.0538. The van der Waals surface area contributed by atoms with E-state index < -0.39 is 11.7 Å². The van der Waals surface area contributed by atoms with Crippen molar-refractivity contribution in [3.05, 3.63) is 53.8 Å². The van der Waals surface area contributed by atoms with E-state index in [1.165, 1.54) is 19.2 Å². The zero-order chi connectivity index (χ0) is 15.9. The minimum absolute atomic E-state index is 0.141. The van der Waals surface area contributed by atoms with E-state index in [-0.39, 0.29) is 5.56 Å². The van der Waals surface area contributed by atoms with Gasteiger partial charge in [-0.15, -0.1) is 0 Å². The molecule has 2 rings (SSSR count). The molecule has 0 saturated heterocycles. The Hall–Kier alpha value is -2.56. The number of rotatable bonds is 6. The van der Waals surface area contributed by atoms with Crippen LogP contribution >= 0.6 is 0 Å². The Bertz CT molecular complexity index is 658. The zero-order valence-electron chi connectivity index (χ0n) is 12.6. The van der Waals surface area contributed by atoms with Gasteiger partial charge < -0.3 is 14.8 Å². The molecule has 116 valence electrons. The van der Waals surface area contributed by atoms with E-state index >= 15 is 0 Å². The van der Waals surface area contributed by atoms with Gasteiger partial charge in [-0.2, -0.15) is 0 Å². The normalized spacial score (nSPS) is 10.1. The first-order valence-electron chi connectivity index (χ1n) is 7.01. The van der Waals surface area contributed by atoms with Gasteiger partial charge in [0.15, 0.2) is 0 Å². The van der Waals surface area contributed by atoms with Crippen LogP contribution in [-0.2, 0) is 0 Å². The molecular formula is C17H18FNO3. The van der Waals surface area contributed by atoms with E-state index in [4.69, 9.17) is 9.47 Å². The average molecular weight is 303 g/mol. The second-order valence-electron chi connectivity index (χ2n) is 4.68. The third-order valence-electron chi connectivity index (χ3n) is 2.97. The average Bonchev–Trinajstić information content (AvgIpc) is 2.53. The number of carbonyl (C=O) groups excluding carboxylic acids is 1. The predicted octanol–water partition coefficient (Wildman–Crippen LogP) is 3.88. The van der Waals surface area contributed by atoms with E-state index in [0.29, 0.717) is 23.8 Å². The first-order chi connectivity index (χ1) is 10.6. The van der Waals surface area contributed by atoms with Gasteiger partial charge in [0, 0.05) is 11.8 Å². The molecule has 0 aliphatic carbocycles. The van der Waals surface area contributed by atoms with E-state index in [1.54, 1.807) is 18.2 Å². The SMILES string of the molecule is CCCOc1cccc(NC(=O)c2cc(F)ccc2OC)c1. The second kappa shape index (κ2) is 7.45. The summed E-state index contributed by atoms with van der Waals surface area (Å²) in [6.45, 7) is 2.62. The summed E-state index contributed by atoms with van der Waals surface area (Å²) in [6, 6.07) is 10.9. The highest BCUT2D eigenvalue weighted by Gasteiger charge is 2.14. The van der Waals surface area contributed by atoms with Crippen LogP contribution in [0.3, 0.4) is 0 Å². The molecule has 0 spiro atoms. The Morgan fingerprint density at radius 1 is 1.23 bits per heavy atom. The highest BCUT2D eigenvalue weighted by atomic mass is 19.1. The van der Waals surface area contributed by atoms with Crippen molar-refractivity contribution < 1.29 is 18.7 Å². The summed E-state index contributed by atoms with van der Waals surface area (Å²) < 4.78 is 23.9. The summed E-state index contributed by atoms with van der Waals surface area (Å²) in [5, 5.41) is 2.71. The van der Waals surface area contributed by atoms with Crippen LogP contribution in [0.1, 0.15) is 23.7 Å². The first kappa shape index (κ1) is 15.8. The molecular weight excluding hydrogens is 285 g/mol. The fourth-order valence-corrected chi connectivity index (χ4v) is 1.94. The van der Waals surface area contributed by atoms with Crippen molar-refractivity contribution in [3.63, 3.8) is 0 Å². The third-order valence-corrected chi connectivity index (χ3v) is 2.97. The molecule has 22 heavy (non-hydrogen) atoms. The van der Waals surface area contributed by atoms with Gasteiger partial charge in [-0.3, -0.25) is 4.79 Å². The van der Waals surface area contributed by atoms with Crippen LogP contribution in [0, 0.1) is 5.82 Å². The van der Waals surface area contributed by atoms with Gasteiger partial charge >= 0.3 is 0 Å². The Kier molecular flexibility index (Phi) is 5.36. The molecule has 0 heterocycles. The van der Waals surface area contributed by atoms with Crippen LogP contribution < -0.4 is 14.8 Å². The van der Waals surface area contributed by atoms with Crippen LogP contribution in [-0.4, -0.2) is 19.6 Å². The van der Waals surface area contributed by atoms with Gasteiger partial charge in [-0.1, -0.05) is 13.0 Å².